The lowest BCUT2D eigenvalue weighted by molar-refractivity contribution is -0.143. The summed E-state index contributed by atoms with van der Waals surface area (Å²) in [5, 5.41) is 3.02. The minimum absolute atomic E-state index is 0.0185. The maximum Gasteiger partial charge on any atom is 0.253 e. The van der Waals surface area contributed by atoms with Crippen LogP contribution in [0.2, 0.25) is 0 Å². The van der Waals surface area contributed by atoms with Gasteiger partial charge in [0.1, 0.15) is 18.4 Å². The second-order valence-corrected chi connectivity index (χ2v) is 7.96. The van der Waals surface area contributed by atoms with Gasteiger partial charge in [0.15, 0.2) is 0 Å². The first kappa shape index (κ1) is 21.0. The molecular weight excluding hydrogens is 340 g/mol. The number of carbonyl (C=O) groups excluding carboxylic acids is 2. The number of carbonyl (C=O) groups is 2. The highest BCUT2D eigenvalue weighted by Gasteiger charge is 2.37. The predicted molar refractivity (Wildman–Crippen MR) is 108 cm³/mol. The van der Waals surface area contributed by atoms with E-state index in [0.717, 1.165) is 12.0 Å². The first-order chi connectivity index (χ1) is 12.7. The maximum absolute atomic E-state index is 13.2. The Hall–Kier alpha value is -2.30. The Morgan fingerprint density at radius 1 is 1.11 bits per heavy atom. The van der Waals surface area contributed by atoms with Crippen LogP contribution in [0.5, 0.6) is 5.75 Å². The fourth-order valence-electron chi connectivity index (χ4n) is 3.24. The van der Waals surface area contributed by atoms with E-state index in [1.165, 1.54) is 0 Å². The molecule has 2 aliphatic heterocycles. The smallest absolute Gasteiger partial charge is 0.253 e. The fraction of sp³-hybridized carbons (Fsp3) is 0.545. The zero-order chi connectivity index (χ0) is 20.1. The van der Waals surface area contributed by atoms with Gasteiger partial charge in [-0.25, -0.2) is 0 Å². The van der Waals surface area contributed by atoms with Crippen molar-refractivity contribution in [1.82, 2.24) is 10.2 Å². The molecule has 0 aliphatic carbocycles. The molecule has 27 heavy (non-hydrogen) atoms. The predicted octanol–water partition coefficient (Wildman–Crippen LogP) is 3.19. The van der Waals surface area contributed by atoms with Gasteiger partial charge < -0.3 is 15.0 Å². The largest absolute Gasteiger partial charge is 0.489 e. The van der Waals surface area contributed by atoms with E-state index >= 15 is 0 Å². The topological polar surface area (TPSA) is 58.6 Å². The first-order valence-corrected chi connectivity index (χ1v) is 9.72. The monoisotopic (exact) mass is 372 g/mol. The molecule has 5 heteroatoms. The molecule has 1 N–H and O–H groups in total. The van der Waals surface area contributed by atoms with Gasteiger partial charge in [-0.05, 0) is 42.9 Å². The Labute approximate surface area is 162 Å². The number of rotatable bonds is 3. The summed E-state index contributed by atoms with van der Waals surface area (Å²) in [6, 6.07) is 7.07. The summed E-state index contributed by atoms with van der Waals surface area (Å²) < 4.78 is 5.75. The van der Waals surface area contributed by atoms with Gasteiger partial charge in [-0.2, -0.15) is 0 Å². The summed E-state index contributed by atoms with van der Waals surface area (Å²) in [5.41, 5.74) is 1.48. The van der Waals surface area contributed by atoms with Gasteiger partial charge >= 0.3 is 0 Å². The molecule has 148 valence electrons. The first-order valence-electron chi connectivity index (χ1n) is 9.72. The summed E-state index contributed by atoms with van der Waals surface area (Å²) in [7, 11) is 0. The minimum atomic E-state index is -0.546. The molecule has 5 nitrogen and oxygen atoms in total. The van der Waals surface area contributed by atoms with E-state index in [9.17, 15) is 9.59 Å². The van der Waals surface area contributed by atoms with Crippen LogP contribution >= 0.6 is 0 Å². The van der Waals surface area contributed by atoms with Crippen molar-refractivity contribution in [2.75, 3.05) is 13.2 Å². The highest BCUT2D eigenvalue weighted by Crippen LogP contribution is 2.23. The number of hydrogen-bond acceptors (Lipinski definition) is 3. The third kappa shape index (κ3) is 5.12. The fourth-order valence-corrected chi connectivity index (χ4v) is 3.24. The molecule has 2 heterocycles. The molecule has 0 spiro atoms. The van der Waals surface area contributed by atoms with Gasteiger partial charge in [-0.3, -0.25) is 9.59 Å². The SMILES string of the molecule is C=C1COc2ccc(cc2)CCNC(=O)C(C(C)C)N(C(C)C(C)C)C1=O. The lowest BCUT2D eigenvalue weighted by Gasteiger charge is -2.40. The van der Waals surface area contributed by atoms with Crippen molar-refractivity contribution in [3.63, 3.8) is 0 Å². The van der Waals surface area contributed by atoms with Gasteiger partial charge in [0.25, 0.3) is 5.91 Å². The third-order valence-corrected chi connectivity index (χ3v) is 5.19. The molecule has 0 saturated carbocycles. The summed E-state index contributed by atoms with van der Waals surface area (Å²) >= 11 is 0. The number of nitrogens with zero attached hydrogens (tertiary/aromatic N) is 1. The van der Waals surface area contributed by atoms with Crippen LogP contribution in [0.3, 0.4) is 0 Å². The molecule has 1 aromatic rings. The van der Waals surface area contributed by atoms with Crippen LogP contribution in [0.25, 0.3) is 0 Å². The third-order valence-electron chi connectivity index (χ3n) is 5.19. The summed E-state index contributed by atoms with van der Waals surface area (Å²) in [6.07, 6.45) is 0.733. The van der Waals surface area contributed by atoms with Crippen molar-refractivity contribution in [2.24, 2.45) is 11.8 Å². The molecule has 3 rings (SSSR count). The number of benzene rings is 1. The Morgan fingerprint density at radius 3 is 2.30 bits per heavy atom. The molecule has 2 bridgehead atoms. The molecule has 0 aromatic heterocycles. The van der Waals surface area contributed by atoms with Crippen LogP contribution in [0.15, 0.2) is 36.4 Å². The molecule has 0 radical (unpaired) electrons. The zero-order valence-electron chi connectivity index (χ0n) is 17.1. The number of amides is 2. The van der Waals surface area contributed by atoms with E-state index in [1.807, 2.05) is 45.0 Å². The maximum atomic E-state index is 13.2. The van der Waals surface area contributed by atoms with Crippen LogP contribution < -0.4 is 10.1 Å². The molecule has 1 aromatic carbocycles. The Balaban J connectivity index is 2.41. The molecule has 0 saturated heterocycles. The summed E-state index contributed by atoms with van der Waals surface area (Å²) in [6.45, 7) is 14.6. The molecule has 2 amide bonds. The van der Waals surface area contributed by atoms with Crippen molar-refractivity contribution in [2.45, 2.75) is 53.1 Å². The zero-order valence-corrected chi connectivity index (χ0v) is 17.1. The molecule has 2 aliphatic rings. The highest BCUT2D eigenvalue weighted by atomic mass is 16.5. The second kappa shape index (κ2) is 9.07. The Morgan fingerprint density at radius 2 is 1.74 bits per heavy atom. The Bertz CT molecular complexity index is 679. The standard InChI is InChI=1S/C22H32N2O3/c1-14(2)17(6)24-20(15(3)4)21(25)23-12-11-18-7-9-19(10-8-18)27-13-16(5)22(24)26/h7-10,14-15,17,20H,5,11-13H2,1-4,6H3,(H,23,25). The van der Waals surface area contributed by atoms with Crippen LogP contribution in [0, 0.1) is 11.8 Å². The lowest BCUT2D eigenvalue weighted by Crippen LogP contribution is -2.57. The van der Waals surface area contributed by atoms with Gasteiger partial charge in [0.05, 0.1) is 0 Å². The highest BCUT2D eigenvalue weighted by molar-refractivity contribution is 5.97. The Kier molecular flexibility index (Phi) is 7.05. The van der Waals surface area contributed by atoms with Crippen LogP contribution in [0.1, 0.15) is 40.2 Å². The summed E-state index contributed by atoms with van der Waals surface area (Å²) in [4.78, 5) is 27.9. The molecule has 2 unspecified atom stereocenters. The van der Waals surface area contributed by atoms with Crippen molar-refractivity contribution >= 4 is 11.8 Å². The van der Waals surface area contributed by atoms with E-state index in [0.29, 0.717) is 17.9 Å². The number of fused-ring (bicyclic) bond motifs is 11. The van der Waals surface area contributed by atoms with Crippen LogP contribution in [0.4, 0.5) is 0 Å². The quantitative estimate of drug-likeness (QED) is 0.829. The van der Waals surface area contributed by atoms with Gasteiger partial charge in [0.2, 0.25) is 5.91 Å². The molecule has 2 atom stereocenters. The second-order valence-electron chi connectivity index (χ2n) is 7.96. The van der Waals surface area contributed by atoms with Crippen molar-refractivity contribution in [3.8, 4) is 5.75 Å². The van der Waals surface area contributed by atoms with E-state index in [4.69, 9.17) is 4.74 Å². The van der Waals surface area contributed by atoms with Crippen molar-refractivity contribution < 1.29 is 14.3 Å². The lowest BCUT2D eigenvalue weighted by atomic mass is 9.94. The van der Waals surface area contributed by atoms with Gasteiger partial charge in [0, 0.05) is 18.2 Å². The molecular formula is C22H32N2O3. The van der Waals surface area contributed by atoms with Crippen LogP contribution in [-0.2, 0) is 16.0 Å². The van der Waals surface area contributed by atoms with Gasteiger partial charge in [-0.1, -0.05) is 46.4 Å². The van der Waals surface area contributed by atoms with E-state index < -0.39 is 6.04 Å². The number of nitrogens with one attached hydrogen (secondary N) is 1. The number of ether oxygens (including phenoxy) is 1. The normalized spacial score (nSPS) is 20.5. The van der Waals surface area contributed by atoms with Crippen molar-refractivity contribution in [1.29, 1.82) is 0 Å². The summed E-state index contributed by atoms with van der Waals surface area (Å²) in [5.74, 6) is 0.557. The molecule has 0 fully saturated rings. The average molecular weight is 373 g/mol. The van der Waals surface area contributed by atoms with E-state index in [2.05, 4.69) is 25.7 Å². The number of hydrogen-bond donors (Lipinski definition) is 1. The van der Waals surface area contributed by atoms with Gasteiger partial charge in [-0.15, -0.1) is 0 Å². The van der Waals surface area contributed by atoms with Crippen LogP contribution in [-0.4, -0.2) is 41.9 Å². The van der Waals surface area contributed by atoms with E-state index in [-0.39, 0.29) is 36.3 Å². The minimum Gasteiger partial charge on any atom is -0.489 e. The average Bonchev–Trinajstić information content (AvgIpc) is 2.62. The van der Waals surface area contributed by atoms with Crippen molar-refractivity contribution in [3.05, 3.63) is 42.0 Å². The van der Waals surface area contributed by atoms with E-state index in [1.54, 1.807) is 4.90 Å².